The molecule has 9 rings (SSSR count). The Bertz CT molecular complexity index is 3060. The van der Waals surface area contributed by atoms with Crippen LogP contribution in [0.3, 0.4) is 0 Å². The molecule has 0 spiro atoms. The van der Waals surface area contributed by atoms with Gasteiger partial charge >= 0.3 is 0 Å². The second-order valence-electron chi connectivity index (χ2n) is 14.3. The van der Waals surface area contributed by atoms with Crippen LogP contribution in [0.15, 0.2) is 171 Å². The number of nitrogens with zero attached hydrogens (tertiary/aromatic N) is 5. The summed E-state index contributed by atoms with van der Waals surface area (Å²) in [6.45, 7) is 9.88. The highest BCUT2D eigenvalue weighted by Gasteiger charge is 2.15. The van der Waals surface area contributed by atoms with E-state index in [4.69, 9.17) is 25.7 Å². The Hall–Kier alpha value is -7.57. The third-order valence-corrected chi connectivity index (χ3v) is 10.6. The van der Waals surface area contributed by atoms with Crippen molar-refractivity contribution in [3.05, 3.63) is 188 Å². The van der Waals surface area contributed by atoms with Crippen molar-refractivity contribution in [1.29, 1.82) is 0 Å². The molecule has 0 saturated carbocycles. The van der Waals surface area contributed by atoms with E-state index < -0.39 is 0 Å². The molecule has 4 aromatic carbocycles. The molecule has 2 N–H and O–H groups in total. The molecule has 6 nitrogen and oxygen atoms in total. The maximum atomic E-state index is 6.40. The summed E-state index contributed by atoms with van der Waals surface area (Å²) in [4.78, 5) is 24.7. The van der Waals surface area contributed by atoms with Gasteiger partial charge in [-0.05, 0) is 113 Å². The SMILES string of the molecule is C=C/C=C(\C=C/C)c1cc(C2=CCCC=C2)nc(-c2ccc3cc(-c4ccc5nc(-c6ccc(-c7cc(C=C)c(N)c8ncccc78)cc6)ccc5c4)ccc3n2)n1. The van der Waals surface area contributed by atoms with E-state index >= 15 is 0 Å². The van der Waals surface area contributed by atoms with Crippen LogP contribution in [0.5, 0.6) is 0 Å². The number of nitrogens with two attached hydrogens (primary N) is 1. The van der Waals surface area contributed by atoms with E-state index in [0.29, 0.717) is 11.5 Å². The number of nitrogen functional groups attached to an aromatic ring is 1. The second-order valence-corrected chi connectivity index (χ2v) is 14.3. The topological polar surface area (TPSA) is 90.5 Å². The average molecular weight is 749 g/mol. The predicted molar refractivity (Wildman–Crippen MR) is 244 cm³/mol. The van der Waals surface area contributed by atoms with Crippen LogP contribution in [-0.2, 0) is 0 Å². The number of anilines is 1. The molecular formula is C52H40N6. The monoisotopic (exact) mass is 748 g/mol. The molecule has 0 bridgehead atoms. The molecule has 0 aliphatic heterocycles. The first-order valence-electron chi connectivity index (χ1n) is 19.4. The van der Waals surface area contributed by atoms with Crippen molar-refractivity contribution in [2.75, 3.05) is 5.73 Å². The van der Waals surface area contributed by atoms with E-state index in [-0.39, 0.29) is 0 Å². The summed E-state index contributed by atoms with van der Waals surface area (Å²) in [5, 5.41) is 3.12. The van der Waals surface area contributed by atoms with Gasteiger partial charge in [-0.3, -0.25) is 4.98 Å². The van der Waals surface area contributed by atoms with E-state index in [1.54, 1.807) is 18.3 Å². The number of pyridine rings is 3. The zero-order valence-corrected chi connectivity index (χ0v) is 32.2. The fraction of sp³-hybridized carbons (Fsp3) is 0.0577. The van der Waals surface area contributed by atoms with Gasteiger partial charge in [0.25, 0.3) is 0 Å². The normalized spacial score (nSPS) is 13.1. The molecule has 0 amide bonds. The van der Waals surface area contributed by atoms with Crippen LogP contribution in [0, 0.1) is 0 Å². The van der Waals surface area contributed by atoms with Crippen molar-refractivity contribution in [3.63, 3.8) is 0 Å². The third kappa shape index (κ3) is 6.92. The average Bonchev–Trinajstić information content (AvgIpc) is 3.28. The van der Waals surface area contributed by atoms with Gasteiger partial charge in [0.2, 0.25) is 0 Å². The van der Waals surface area contributed by atoms with Crippen LogP contribution < -0.4 is 5.73 Å². The van der Waals surface area contributed by atoms with Gasteiger partial charge in [-0.1, -0.05) is 116 Å². The first-order chi connectivity index (χ1) is 28.5. The van der Waals surface area contributed by atoms with Crippen LogP contribution in [-0.4, -0.2) is 24.9 Å². The highest BCUT2D eigenvalue weighted by Crippen LogP contribution is 2.36. The molecule has 0 radical (unpaired) electrons. The van der Waals surface area contributed by atoms with Gasteiger partial charge in [0.05, 0.1) is 39.3 Å². The number of aromatic nitrogens is 5. The van der Waals surface area contributed by atoms with Crippen LogP contribution >= 0.6 is 0 Å². The summed E-state index contributed by atoms with van der Waals surface area (Å²) in [5.41, 5.74) is 21.3. The van der Waals surface area contributed by atoms with Gasteiger partial charge in [-0.15, -0.1) is 0 Å². The Morgan fingerprint density at radius 1 is 0.690 bits per heavy atom. The lowest BCUT2D eigenvalue weighted by atomic mass is 9.95. The number of hydrogen-bond donors (Lipinski definition) is 1. The van der Waals surface area contributed by atoms with Crippen molar-refractivity contribution in [2.45, 2.75) is 19.8 Å². The zero-order valence-electron chi connectivity index (χ0n) is 32.2. The van der Waals surface area contributed by atoms with Crippen LogP contribution in [0.25, 0.3) is 95.0 Å². The Balaban J connectivity index is 0.995. The van der Waals surface area contributed by atoms with Crippen molar-refractivity contribution in [1.82, 2.24) is 24.9 Å². The zero-order chi connectivity index (χ0) is 39.6. The smallest absolute Gasteiger partial charge is 0.179 e. The highest BCUT2D eigenvalue weighted by atomic mass is 14.9. The minimum atomic E-state index is 0.588. The lowest BCUT2D eigenvalue weighted by molar-refractivity contribution is 1.03. The van der Waals surface area contributed by atoms with Crippen LogP contribution in [0.2, 0.25) is 0 Å². The molecule has 278 valence electrons. The Kier molecular flexibility index (Phi) is 9.66. The number of hydrogen-bond acceptors (Lipinski definition) is 6. The number of allylic oxidation sites excluding steroid dienone is 9. The maximum absolute atomic E-state index is 6.40. The summed E-state index contributed by atoms with van der Waals surface area (Å²) in [7, 11) is 0. The summed E-state index contributed by atoms with van der Waals surface area (Å²) >= 11 is 0. The Labute approximate surface area is 337 Å². The van der Waals surface area contributed by atoms with Crippen molar-refractivity contribution >= 4 is 55.6 Å². The minimum absolute atomic E-state index is 0.588. The van der Waals surface area contributed by atoms with Crippen LogP contribution in [0.1, 0.15) is 36.7 Å². The Morgan fingerprint density at radius 3 is 2.09 bits per heavy atom. The van der Waals surface area contributed by atoms with E-state index in [0.717, 1.165) is 113 Å². The maximum Gasteiger partial charge on any atom is 0.179 e. The molecule has 58 heavy (non-hydrogen) atoms. The van der Waals surface area contributed by atoms with Crippen molar-refractivity contribution in [2.24, 2.45) is 0 Å². The fourth-order valence-corrected chi connectivity index (χ4v) is 7.60. The number of rotatable bonds is 9. The molecule has 0 atom stereocenters. The predicted octanol–water partition coefficient (Wildman–Crippen LogP) is 12.9. The largest absolute Gasteiger partial charge is 0.396 e. The summed E-state index contributed by atoms with van der Waals surface area (Å²) in [6.07, 6.45) is 20.0. The van der Waals surface area contributed by atoms with E-state index in [1.165, 1.54) is 0 Å². The van der Waals surface area contributed by atoms with Gasteiger partial charge < -0.3 is 5.73 Å². The summed E-state index contributed by atoms with van der Waals surface area (Å²) in [6, 6.07) is 37.8. The van der Waals surface area contributed by atoms with Gasteiger partial charge in [-0.25, -0.2) is 19.9 Å². The van der Waals surface area contributed by atoms with Gasteiger partial charge in [-0.2, -0.15) is 0 Å². The van der Waals surface area contributed by atoms with E-state index in [2.05, 4.69) is 127 Å². The molecule has 0 fully saturated rings. The quantitative estimate of drug-likeness (QED) is 0.117. The molecule has 8 aromatic rings. The summed E-state index contributed by atoms with van der Waals surface area (Å²) in [5.74, 6) is 0.588. The molecule has 6 heteroatoms. The lowest BCUT2D eigenvalue weighted by Gasteiger charge is -2.12. The van der Waals surface area contributed by atoms with Crippen molar-refractivity contribution < 1.29 is 0 Å². The summed E-state index contributed by atoms with van der Waals surface area (Å²) < 4.78 is 0. The number of benzene rings is 4. The first kappa shape index (κ1) is 36.1. The number of fused-ring (bicyclic) bond motifs is 3. The van der Waals surface area contributed by atoms with Crippen molar-refractivity contribution in [3.8, 4) is 45.0 Å². The molecular weight excluding hydrogens is 709 g/mol. The Morgan fingerprint density at radius 2 is 1.40 bits per heavy atom. The van der Waals surface area contributed by atoms with E-state index in [1.807, 2.05) is 43.4 Å². The van der Waals surface area contributed by atoms with Gasteiger partial charge in [0.15, 0.2) is 5.82 Å². The molecule has 0 saturated heterocycles. The lowest BCUT2D eigenvalue weighted by Crippen LogP contribution is -2.01. The molecule has 1 aliphatic rings. The minimum Gasteiger partial charge on any atom is -0.396 e. The highest BCUT2D eigenvalue weighted by molar-refractivity contribution is 6.03. The molecule has 1 aliphatic carbocycles. The van der Waals surface area contributed by atoms with Gasteiger partial charge in [0, 0.05) is 27.9 Å². The first-order valence-corrected chi connectivity index (χ1v) is 19.4. The fourth-order valence-electron chi connectivity index (χ4n) is 7.60. The van der Waals surface area contributed by atoms with Gasteiger partial charge in [0.1, 0.15) is 5.69 Å². The molecule has 4 aromatic heterocycles. The molecule has 4 heterocycles. The van der Waals surface area contributed by atoms with E-state index in [9.17, 15) is 0 Å². The molecule has 0 unspecified atom stereocenters. The standard InChI is InChI=1S/C52H40N6/c1-4-11-35(12-5-2)48-32-49(36-13-8-7-9-14-36)58-52(57-48)47-27-23-41-30-39(21-25-46(41)56-47)38-20-24-45-40(29-38)22-26-44(55-45)37-18-16-34(17-19-37)43-31-33(6-3)50(53)51-42(43)15-10-28-54-51/h4-6,8,10-32H,1,3,7,9,53H2,2H3/b12-5-,35-11+. The third-order valence-electron chi connectivity index (χ3n) is 10.6. The van der Waals surface area contributed by atoms with Crippen LogP contribution in [0.4, 0.5) is 5.69 Å². The second kappa shape index (κ2) is 15.5.